The van der Waals surface area contributed by atoms with E-state index in [0.29, 0.717) is 30.3 Å². The number of hydrogen-bond acceptors (Lipinski definition) is 5. The van der Waals surface area contributed by atoms with Gasteiger partial charge in [-0.3, -0.25) is 9.69 Å². The molecule has 0 aromatic heterocycles. The number of Topliss-reactive ketones (excluding diaryl/α,β-unsaturated/α-hetero) is 1. The highest BCUT2D eigenvalue weighted by Gasteiger charge is 2.35. The van der Waals surface area contributed by atoms with Gasteiger partial charge in [0.1, 0.15) is 18.2 Å². The smallest absolute Gasteiger partial charge is 0.232 e. The highest BCUT2D eigenvalue weighted by molar-refractivity contribution is 6.15. The number of fused-ring (bicyclic) bond motifs is 3. The van der Waals surface area contributed by atoms with Gasteiger partial charge in [-0.25, -0.2) is 0 Å². The second kappa shape index (κ2) is 9.35. The van der Waals surface area contributed by atoms with Gasteiger partial charge in [-0.15, -0.1) is 0 Å². The van der Waals surface area contributed by atoms with Gasteiger partial charge in [-0.1, -0.05) is 42.5 Å². The zero-order chi connectivity index (χ0) is 23.7. The number of anilines is 1. The van der Waals surface area contributed by atoms with Gasteiger partial charge in [0.15, 0.2) is 5.76 Å². The average molecular weight is 455 g/mol. The van der Waals surface area contributed by atoms with Crippen molar-refractivity contribution in [2.24, 2.45) is 0 Å². The Labute approximate surface area is 201 Å². The van der Waals surface area contributed by atoms with Crippen LogP contribution in [0.5, 0.6) is 11.5 Å². The summed E-state index contributed by atoms with van der Waals surface area (Å²) in [7, 11) is 4.01. The SMILES string of the molecule is Cc1cc2c(c3c1C(=O)/C(=C/c1ccc(N(C)C)cc1)O3)CN(CCCc1ccccc1)CO2. The summed E-state index contributed by atoms with van der Waals surface area (Å²) in [6.45, 7) is 4.14. The van der Waals surface area contributed by atoms with Crippen molar-refractivity contribution >= 4 is 17.5 Å². The average Bonchev–Trinajstić information content (AvgIpc) is 3.17. The van der Waals surface area contributed by atoms with Crippen molar-refractivity contribution in [3.05, 3.63) is 94.2 Å². The lowest BCUT2D eigenvalue weighted by atomic mass is 9.98. The molecule has 0 saturated heterocycles. The Morgan fingerprint density at radius 2 is 1.82 bits per heavy atom. The molecule has 2 heterocycles. The van der Waals surface area contributed by atoms with Crippen LogP contribution in [0.1, 0.15) is 39.0 Å². The Morgan fingerprint density at radius 3 is 2.56 bits per heavy atom. The van der Waals surface area contributed by atoms with Crippen molar-refractivity contribution in [1.82, 2.24) is 4.90 Å². The van der Waals surface area contributed by atoms with Crippen LogP contribution in [0, 0.1) is 6.92 Å². The van der Waals surface area contributed by atoms with Crippen LogP contribution in [-0.4, -0.2) is 38.1 Å². The Bertz CT molecular complexity index is 1230. The number of ketones is 1. The number of ether oxygens (including phenoxy) is 2. The van der Waals surface area contributed by atoms with Crippen molar-refractivity contribution in [3.63, 3.8) is 0 Å². The zero-order valence-corrected chi connectivity index (χ0v) is 20.0. The molecule has 0 N–H and O–H groups in total. The second-order valence-electron chi connectivity index (χ2n) is 9.22. The Morgan fingerprint density at radius 1 is 1.06 bits per heavy atom. The van der Waals surface area contributed by atoms with E-state index in [1.54, 1.807) is 0 Å². The van der Waals surface area contributed by atoms with E-state index in [4.69, 9.17) is 9.47 Å². The fourth-order valence-electron chi connectivity index (χ4n) is 4.59. The van der Waals surface area contributed by atoms with Crippen molar-refractivity contribution in [1.29, 1.82) is 0 Å². The molecule has 0 spiro atoms. The van der Waals surface area contributed by atoms with E-state index < -0.39 is 0 Å². The first-order valence-electron chi connectivity index (χ1n) is 11.8. The quantitative estimate of drug-likeness (QED) is 0.463. The van der Waals surface area contributed by atoms with E-state index in [2.05, 4.69) is 29.2 Å². The lowest BCUT2D eigenvalue weighted by Crippen LogP contribution is -2.33. The number of aryl methyl sites for hydroxylation is 2. The summed E-state index contributed by atoms with van der Waals surface area (Å²) in [5.74, 6) is 1.78. The molecule has 2 aliphatic heterocycles. The number of rotatable bonds is 6. The molecular weight excluding hydrogens is 424 g/mol. The van der Waals surface area contributed by atoms with E-state index in [1.165, 1.54) is 5.56 Å². The van der Waals surface area contributed by atoms with Gasteiger partial charge in [0, 0.05) is 32.9 Å². The van der Waals surface area contributed by atoms with Crippen LogP contribution in [0.4, 0.5) is 5.69 Å². The summed E-state index contributed by atoms with van der Waals surface area (Å²) in [6.07, 6.45) is 3.91. The maximum absolute atomic E-state index is 13.2. The van der Waals surface area contributed by atoms with Crippen LogP contribution in [0.25, 0.3) is 6.08 Å². The fourth-order valence-corrected chi connectivity index (χ4v) is 4.59. The predicted octanol–water partition coefficient (Wildman–Crippen LogP) is 5.46. The Balaban J connectivity index is 1.34. The number of hydrogen-bond donors (Lipinski definition) is 0. The van der Waals surface area contributed by atoms with E-state index in [0.717, 1.165) is 47.5 Å². The molecule has 5 heteroatoms. The topological polar surface area (TPSA) is 42.0 Å². The molecule has 34 heavy (non-hydrogen) atoms. The Kier molecular flexibility index (Phi) is 6.12. The second-order valence-corrected chi connectivity index (χ2v) is 9.22. The maximum Gasteiger partial charge on any atom is 0.232 e. The van der Waals surface area contributed by atoms with Gasteiger partial charge in [0.05, 0.1) is 11.1 Å². The highest BCUT2D eigenvalue weighted by atomic mass is 16.5. The molecule has 5 rings (SSSR count). The number of carbonyl (C=O) groups is 1. The number of benzene rings is 3. The van der Waals surface area contributed by atoms with E-state index in [9.17, 15) is 4.79 Å². The molecule has 0 radical (unpaired) electrons. The van der Waals surface area contributed by atoms with E-state index >= 15 is 0 Å². The van der Waals surface area contributed by atoms with Gasteiger partial charge < -0.3 is 14.4 Å². The maximum atomic E-state index is 13.2. The van der Waals surface area contributed by atoms with Crippen LogP contribution in [0.15, 0.2) is 66.4 Å². The minimum absolute atomic E-state index is 0.0619. The molecule has 5 nitrogen and oxygen atoms in total. The normalized spacial score (nSPS) is 16.1. The first kappa shape index (κ1) is 22.2. The summed E-state index contributed by atoms with van der Waals surface area (Å²) in [6, 6.07) is 20.6. The summed E-state index contributed by atoms with van der Waals surface area (Å²) < 4.78 is 12.3. The molecule has 0 amide bonds. The molecule has 0 bridgehead atoms. The lowest BCUT2D eigenvalue weighted by Gasteiger charge is -2.30. The van der Waals surface area contributed by atoms with Crippen LogP contribution in [-0.2, 0) is 13.0 Å². The summed E-state index contributed by atoms with van der Waals surface area (Å²) in [4.78, 5) is 17.6. The first-order chi connectivity index (χ1) is 16.5. The van der Waals surface area contributed by atoms with Gasteiger partial charge in [-0.2, -0.15) is 0 Å². The molecule has 0 saturated carbocycles. The van der Waals surface area contributed by atoms with Crippen LogP contribution in [0.2, 0.25) is 0 Å². The number of allylic oxidation sites excluding steroid dienone is 1. The molecule has 0 unspecified atom stereocenters. The molecule has 0 atom stereocenters. The van der Waals surface area contributed by atoms with Crippen molar-refractivity contribution < 1.29 is 14.3 Å². The third-order valence-corrected chi connectivity index (χ3v) is 6.48. The molecule has 0 aliphatic carbocycles. The van der Waals surface area contributed by atoms with Crippen LogP contribution < -0.4 is 14.4 Å². The van der Waals surface area contributed by atoms with E-state index in [1.807, 2.05) is 68.4 Å². The van der Waals surface area contributed by atoms with Gasteiger partial charge in [0.2, 0.25) is 5.78 Å². The molecule has 0 fully saturated rings. The lowest BCUT2D eigenvalue weighted by molar-refractivity contribution is 0.0928. The van der Waals surface area contributed by atoms with E-state index in [-0.39, 0.29) is 5.78 Å². The molecular formula is C29H30N2O3. The summed E-state index contributed by atoms with van der Waals surface area (Å²) in [5.41, 5.74) is 5.91. The largest absolute Gasteiger partial charge is 0.478 e. The fraction of sp³-hybridized carbons (Fsp3) is 0.276. The third kappa shape index (κ3) is 4.44. The van der Waals surface area contributed by atoms with Gasteiger partial charge in [0.25, 0.3) is 0 Å². The van der Waals surface area contributed by atoms with Crippen LogP contribution in [0.3, 0.4) is 0 Å². The first-order valence-corrected chi connectivity index (χ1v) is 11.8. The zero-order valence-electron chi connectivity index (χ0n) is 20.0. The summed E-state index contributed by atoms with van der Waals surface area (Å²) >= 11 is 0. The molecule has 3 aromatic carbocycles. The highest BCUT2D eigenvalue weighted by Crippen LogP contribution is 2.44. The van der Waals surface area contributed by atoms with Crippen molar-refractivity contribution in [2.75, 3.05) is 32.3 Å². The molecule has 174 valence electrons. The third-order valence-electron chi connectivity index (χ3n) is 6.48. The number of nitrogens with zero attached hydrogens (tertiary/aromatic N) is 2. The van der Waals surface area contributed by atoms with Gasteiger partial charge >= 0.3 is 0 Å². The van der Waals surface area contributed by atoms with Crippen LogP contribution >= 0.6 is 0 Å². The standard InChI is InChI=1S/C29H30N2O3/c1-20-16-25-24(18-31(19-33-25)15-7-10-21-8-5-4-6-9-21)29-27(20)28(32)26(34-29)17-22-11-13-23(14-12-22)30(2)3/h4-6,8-9,11-14,16-17H,7,10,15,18-19H2,1-3H3/b26-17-. The summed E-state index contributed by atoms with van der Waals surface area (Å²) in [5, 5.41) is 0. The monoisotopic (exact) mass is 454 g/mol. The minimum Gasteiger partial charge on any atom is -0.478 e. The van der Waals surface area contributed by atoms with Crippen molar-refractivity contribution in [3.8, 4) is 11.5 Å². The molecule has 3 aromatic rings. The Hall–Kier alpha value is -3.57. The molecule has 2 aliphatic rings. The van der Waals surface area contributed by atoms with Crippen molar-refractivity contribution in [2.45, 2.75) is 26.3 Å². The number of carbonyl (C=O) groups excluding carboxylic acids is 1. The predicted molar refractivity (Wildman–Crippen MR) is 136 cm³/mol. The van der Waals surface area contributed by atoms with Gasteiger partial charge in [-0.05, 0) is 60.7 Å². The minimum atomic E-state index is -0.0619.